The molecule has 0 unspecified atom stereocenters. The third-order valence-electron chi connectivity index (χ3n) is 6.61. The molecule has 226 valence electrons. The molecule has 0 bridgehead atoms. The summed E-state index contributed by atoms with van der Waals surface area (Å²) in [6.07, 6.45) is 4.85. The van der Waals surface area contributed by atoms with Crippen LogP contribution in [0.5, 0.6) is 0 Å². The topological polar surface area (TPSA) is 181 Å². The third-order valence-corrected chi connectivity index (χ3v) is 9.11. The van der Waals surface area contributed by atoms with Gasteiger partial charge in [0.2, 0.25) is 21.7 Å². The highest BCUT2D eigenvalue weighted by Gasteiger charge is 2.38. The average molecular weight is 624 g/mol. The number of carbonyl (C=O) groups is 3. The van der Waals surface area contributed by atoms with Gasteiger partial charge in [-0.2, -0.15) is 0 Å². The number of thiazole rings is 1. The Balaban J connectivity index is 1.52. The van der Waals surface area contributed by atoms with E-state index < -0.39 is 40.5 Å². The molecule has 1 aliphatic rings. The number of aromatic nitrogens is 1. The van der Waals surface area contributed by atoms with Crippen LogP contribution in [0.2, 0.25) is 0 Å². The molecule has 0 saturated heterocycles. The van der Waals surface area contributed by atoms with E-state index in [4.69, 9.17) is 11.5 Å². The van der Waals surface area contributed by atoms with Gasteiger partial charge in [-0.1, -0.05) is 60.7 Å². The molecule has 4 rings (SSSR count). The lowest BCUT2D eigenvalue weighted by Gasteiger charge is -2.36. The number of carbonyl (C=O) groups excluding carboxylic acids is 3. The molecule has 0 fully saturated rings. The van der Waals surface area contributed by atoms with Crippen LogP contribution in [-0.4, -0.2) is 71.3 Å². The molecule has 12 nitrogen and oxygen atoms in total. The van der Waals surface area contributed by atoms with Crippen LogP contribution in [0.3, 0.4) is 0 Å². The van der Waals surface area contributed by atoms with E-state index in [2.05, 4.69) is 15.3 Å². The van der Waals surface area contributed by atoms with E-state index in [-0.39, 0.29) is 41.9 Å². The van der Waals surface area contributed by atoms with E-state index in [1.54, 1.807) is 47.8 Å². The van der Waals surface area contributed by atoms with Crippen LogP contribution in [0.1, 0.15) is 33.8 Å². The highest BCUT2D eigenvalue weighted by molar-refractivity contribution is 7.88. The van der Waals surface area contributed by atoms with E-state index in [0.717, 1.165) is 21.2 Å². The minimum atomic E-state index is -3.95. The van der Waals surface area contributed by atoms with E-state index in [1.165, 1.54) is 23.5 Å². The zero-order valence-corrected chi connectivity index (χ0v) is 24.9. The van der Waals surface area contributed by atoms with E-state index in [0.29, 0.717) is 12.0 Å². The lowest BCUT2D eigenvalue weighted by atomic mass is 10.0. The highest BCUT2D eigenvalue weighted by Crippen LogP contribution is 2.23. The number of ketones is 1. The van der Waals surface area contributed by atoms with Gasteiger partial charge in [0.05, 0.1) is 11.8 Å². The van der Waals surface area contributed by atoms with Crippen molar-refractivity contribution in [1.29, 1.82) is 0 Å². The summed E-state index contributed by atoms with van der Waals surface area (Å²) < 4.78 is 28.0. The van der Waals surface area contributed by atoms with Crippen molar-refractivity contribution < 1.29 is 22.8 Å². The number of guanidine groups is 1. The Morgan fingerprint density at radius 1 is 1.02 bits per heavy atom. The Bertz CT molecular complexity index is 1560. The average Bonchev–Trinajstić information content (AvgIpc) is 3.52. The monoisotopic (exact) mass is 623 g/mol. The van der Waals surface area contributed by atoms with Crippen molar-refractivity contribution in [3.8, 4) is 0 Å². The van der Waals surface area contributed by atoms with Crippen molar-refractivity contribution in [2.45, 2.75) is 37.1 Å². The first-order valence-corrected chi connectivity index (χ1v) is 16.0. The Kier molecular flexibility index (Phi) is 10.6. The van der Waals surface area contributed by atoms with Gasteiger partial charge in [-0.3, -0.25) is 23.7 Å². The molecular weight excluding hydrogens is 590 g/mol. The predicted octanol–water partition coefficient (Wildman–Crippen LogP) is 1.62. The summed E-state index contributed by atoms with van der Waals surface area (Å²) >= 11 is 1.15. The molecule has 2 atom stereocenters. The molecule has 2 aromatic carbocycles. The van der Waals surface area contributed by atoms with Crippen LogP contribution >= 0.6 is 11.3 Å². The zero-order valence-electron chi connectivity index (χ0n) is 23.3. The maximum absolute atomic E-state index is 13.7. The quantitative estimate of drug-likeness (QED) is 0.105. The maximum atomic E-state index is 13.7. The van der Waals surface area contributed by atoms with Gasteiger partial charge >= 0.3 is 0 Å². The first-order valence-electron chi connectivity index (χ1n) is 13.5. The smallest absolute Gasteiger partial charge is 0.251 e. The molecule has 2 heterocycles. The zero-order chi connectivity index (χ0) is 30.8. The molecule has 43 heavy (non-hydrogen) atoms. The lowest BCUT2D eigenvalue weighted by molar-refractivity contribution is -0.137. The fourth-order valence-electron chi connectivity index (χ4n) is 4.58. The van der Waals surface area contributed by atoms with Crippen molar-refractivity contribution in [2.75, 3.05) is 13.1 Å². The lowest BCUT2D eigenvalue weighted by Crippen LogP contribution is -2.54. The summed E-state index contributed by atoms with van der Waals surface area (Å²) in [5.41, 5.74) is 12.1. The minimum Gasteiger partial charge on any atom is -0.370 e. The van der Waals surface area contributed by atoms with Gasteiger partial charge in [0.25, 0.3) is 5.91 Å². The summed E-state index contributed by atoms with van der Waals surface area (Å²) in [6.45, 7) is -0.148. The summed E-state index contributed by atoms with van der Waals surface area (Å²) in [5.74, 6) is -1.89. The molecule has 2 amide bonds. The second kappa shape index (κ2) is 14.6. The van der Waals surface area contributed by atoms with Crippen LogP contribution in [-0.2, 0) is 31.8 Å². The molecule has 0 spiro atoms. The Morgan fingerprint density at radius 3 is 2.33 bits per heavy atom. The number of nitrogens with two attached hydrogens (primary N) is 2. The van der Waals surface area contributed by atoms with E-state index in [9.17, 15) is 22.8 Å². The van der Waals surface area contributed by atoms with Gasteiger partial charge in [0.15, 0.2) is 11.0 Å². The summed E-state index contributed by atoms with van der Waals surface area (Å²) in [7, 11) is -3.95. The van der Waals surface area contributed by atoms with Crippen LogP contribution in [0.25, 0.3) is 0 Å². The molecule has 3 aromatic rings. The maximum Gasteiger partial charge on any atom is 0.251 e. The van der Waals surface area contributed by atoms with Crippen LogP contribution in [0.15, 0.2) is 89.6 Å². The predicted molar refractivity (Wildman–Crippen MR) is 164 cm³/mol. The number of Topliss-reactive ketones (excluding diaryl/α,β-unsaturated/α-hetero) is 1. The van der Waals surface area contributed by atoms with Crippen molar-refractivity contribution in [2.24, 2.45) is 16.5 Å². The summed E-state index contributed by atoms with van der Waals surface area (Å²) in [4.78, 5) is 49.1. The molecule has 1 aromatic heterocycles. The first-order chi connectivity index (χ1) is 20.6. The van der Waals surface area contributed by atoms with Crippen LogP contribution in [0.4, 0.5) is 0 Å². The minimum absolute atomic E-state index is 0.0767. The number of hydrogen-bond donors (Lipinski definition) is 3. The van der Waals surface area contributed by atoms with Gasteiger partial charge in [-0.25, -0.2) is 13.4 Å². The van der Waals surface area contributed by atoms with Gasteiger partial charge in [-0.15, -0.1) is 11.3 Å². The van der Waals surface area contributed by atoms with Gasteiger partial charge in [0.1, 0.15) is 12.6 Å². The highest BCUT2D eigenvalue weighted by atomic mass is 32.2. The van der Waals surface area contributed by atoms with Crippen LogP contribution < -0.4 is 16.8 Å². The van der Waals surface area contributed by atoms with Crippen molar-refractivity contribution >= 4 is 44.9 Å². The van der Waals surface area contributed by atoms with Gasteiger partial charge < -0.3 is 21.7 Å². The van der Waals surface area contributed by atoms with E-state index >= 15 is 0 Å². The van der Waals surface area contributed by atoms with Crippen molar-refractivity contribution in [1.82, 2.24) is 19.5 Å². The third kappa shape index (κ3) is 8.72. The Morgan fingerprint density at radius 2 is 1.70 bits per heavy atom. The first kappa shape index (κ1) is 31.4. The van der Waals surface area contributed by atoms with Crippen LogP contribution in [0, 0.1) is 0 Å². The number of hydrogen-bond acceptors (Lipinski definition) is 8. The number of sulfonamides is 1. The largest absolute Gasteiger partial charge is 0.370 e. The fourth-order valence-corrected chi connectivity index (χ4v) is 6.76. The summed E-state index contributed by atoms with van der Waals surface area (Å²) in [5, 5.41) is 4.61. The van der Waals surface area contributed by atoms with Crippen molar-refractivity contribution in [3.63, 3.8) is 0 Å². The molecule has 0 saturated carbocycles. The second-order valence-corrected chi connectivity index (χ2v) is 12.6. The summed E-state index contributed by atoms with van der Waals surface area (Å²) in [6, 6.07) is 15.7. The SMILES string of the molecule is NC(N)=NCCC[C@H](NC(=O)CN1C=CN(S(=O)(=O)Cc2ccccc2)[C@@H](Cc2ccccc2)C1=O)C(=O)c1nccs1. The number of nitrogens with zero attached hydrogens (tertiary/aromatic N) is 4. The molecular formula is C29H33N7O5S2. The Hall–Kier alpha value is -4.56. The normalized spacial score (nSPS) is 15.6. The van der Waals surface area contributed by atoms with Crippen molar-refractivity contribution in [3.05, 3.63) is 101 Å². The standard InChI is InChI=1S/C29H33N7O5S2/c30-29(31)33-13-7-12-23(26(38)27-32-14-17-42-27)34-25(37)19-35-15-16-36(43(40,41)20-22-10-5-2-6-11-22)24(28(35)39)18-21-8-3-1-4-9-21/h1-6,8-11,14-17,23-24H,7,12-13,18-20H2,(H,34,37)(H4,30,31,33)/t23-,24-/m0/s1. The second-order valence-electron chi connectivity index (χ2n) is 9.81. The Labute approximate surface area is 254 Å². The number of aliphatic imine (C=N–C) groups is 1. The number of rotatable bonds is 14. The molecule has 14 heteroatoms. The molecule has 5 N–H and O–H groups in total. The number of nitrogens with one attached hydrogen (secondary N) is 1. The molecule has 0 aliphatic carbocycles. The van der Waals surface area contributed by atoms with Gasteiger partial charge in [-0.05, 0) is 24.0 Å². The van der Waals surface area contributed by atoms with Gasteiger partial charge in [0, 0.05) is 36.9 Å². The molecule has 0 radical (unpaired) electrons. The number of amides is 2. The van der Waals surface area contributed by atoms with E-state index in [1.807, 2.05) is 18.2 Å². The molecule has 1 aliphatic heterocycles. The fraction of sp³-hybridized carbons (Fsp3) is 0.276. The number of benzene rings is 2.